The van der Waals surface area contributed by atoms with E-state index < -0.39 is 0 Å². The highest BCUT2D eigenvalue weighted by molar-refractivity contribution is 5.08. The van der Waals surface area contributed by atoms with Crippen molar-refractivity contribution < 1.29 is 0 Å². The second-order valence-electron chi connectivity index (χ2n) is 5.43. The molecule has 2 unspecified atom stereocenters. The molecule has 3 nitrogen and oxygen atoms in total. The van der Waals surface area contributed by atoms with Gasteiger partial charge < -0.3 is 9.88 Å². The van der Waals surface area contributed by atoms with Crippen LogP contribution in [0.1, 0.15) is 44.0 Å². The first kappa shape index (κ1) is 12.6. The largest absolute Gasteiger partial charge is 0.333 e. The van der Waals surface area contributed by atoms with E-state index in [4.69, 9.17) is 0 Å². The van der Waals surface area contributed by atoms with Gasteiger partial charge in [-0.25, -0.2) is 4.98 Å². The molecule has 1 aromatic rings. The third-order valence-corrected chi connectivity index (χ3v) is 4.22. The predicted octanol–water partition coefficient (Wildman–Crippen LogP) is 2.67. The Bertz CT molecular complexity index is 356. The summed E-state index contributed by atoms with van der Waals surface area (Å²) in [5.74, 6) is 0.842. The first-order chi connectivity index (χ1) is 8.18. The van der Waals surface area contributed by atoms with Gasteiger partial charge in [-0.2, -0.15) is 0 Å². The van der Waals surface area contributed by atoms with Crippen molar-refractivity contribution in [2.75, 3.05) is 6.54 Å². The Morgan fingerprint density at radius 2 is 2.12 bits per heavy atom. The lowest BCUT2D eigenvalue weighted by Gasteiger charge is -2.29. The lowest BCUT2D eigenvalue weighted by atomic mass is 9.86. The number of aryl methyl sites for hydroxylation is 1. The average molecular weight is 235 g/mol. The van der Waals surface area contributed by atoms with Crippen molar-refractivity contribution in [3.8, 4) is 0 Å². The quantitative estimate of drug-likeness (QED) is 0.869. The summed E-state index contributed by atoms with van der Waals surface area (Å²) in [4.78, 5) is 4.33. The van der Waals surface area contributed by atoms with Crippen molar-refractivity contribution in [1.82, 2.24) is 14.9 Å². The Balaban J connectivity index is 1.77. The molecule has 0 aromatic carbocycles. The molecule has 1 N–H and O–H groups in total. The van der Waals surface area contributed by atoms with Crippen molar-refractivity contribution in [2.45, 2.75) is 59.0 Å². The van der Waals surface area contributed by atoms with Gasteiger partial charge in [0.1, 0.15) is 0 Å². The van der Waals surface area contributed by atoms with Gasteiger partial charge in [-0.3, -0.25) is 0 Å². The smallest absolute Gasteiger partial charge is 0.0951 e. The molecule has 1 aliphatic rings. The van der Waals surface area contributed by atoms with Crippen LogP contribution in [0.3, 0.4) is 0 Å². The molecule has 2 atom stereocenters. The van der Waals surface area contributed by atoms with Crippen LogP contribution in [0.15, 0.2) is 6.33 Å². The Labute approximate surface area is 105 Å². The normalized spacial score (nSPS) is 25.1. The van der Waals surface area contributed by atoms with Gasteiger partial charge in [-0.1, -0.05) is 19.8 Å². The molecule has 0 aliphatic heterocycles. The van der Waals surface area contributed by atoms with Crippen molar-refractivity contribution in [1.29, 1.82) is 0 Å². The molecule has 0 amide bonds. The first-order valence-electron chi connectivity index (χ1n) is 6.90. The van der Waals surface area contributed by atoms with Crippen LogP contribution in [0.25, 0.3) is 0 Å². The highest BCUT2D eigenvalue weighted by Gasteiger charge is 2.20. The van der Waals surface area contributed by atoms with Crippen LogP contribution < -0.4 is 5.32 Å². The number of aromatic nitrogens is 2. The van der Waals surface area contributed by atoms with Crippen LogP contribution in [0.5, 0.6) is 0 Å². The summed E-state index contributed by atoms with van der Waals surface area (Å²) >= 11 is 0. The van der Waals surface area contributed by atoms with E-state index in [1.54, 1.807) is 0 Å². The number of hydrogen-bond acceptors (Lipinski definition) is 2. The van der Waals surface area contributed by atoms with Gasteiger partial charge in [0.2, 0.25) is 0 Å². The molecular formula is C14H25N3. The van der Waals surface area contributed by atoms with Crippen molar-refractivity contribution in [2.24, 2.45) is 5.92 Å². The number of hydrogen-bond donors (Lipinski definition) is 1. The minimum atomic E-state index is 0.730. The Kier molecular flexibility index (Phi) is 4.21. The van der Waals surface area contributed by atoms with Crippen LogP contribution in [0, 0.1) is 19.8 Å². The van der Waals surface area contributed by atoms with E-state index in [1.165, 1.54) is 31.4 Å². The first-order valence-corrected chi connectivity index (χ1v) is 6.90. The Morgan fingerprint density at radius 3 is 2.76 bits per heavy atom. The Morgan fingerprint density at radius 1 is 1.35 bits per heavy atom. The molecule has 1 fully saturated rings. The van der Waals surface area contributed by atoms with E-state index in [-0.39, 0.29) is 0 Å². The predicted molar refractivity (Wildman–Crippen MR) is 71.1 cm³/mol. The van der Waals surface area contributed by atoms with Crippen molar-refractivity contribution in [3.63, 3.8) is 0 Å². The maximum Gasteiger partial charge on any atom is 0.0951 e. The molecular weight excluding hydrogens is 210 g/mol. The van der Waals surface area contributed by atoms with Gasteiger partial charge in [0.25, 0.3) is 0 Å². The molecule has 17 heavy (non-hydrogen) atoms. The lowest BCUT2D eigenvalue weighted by molar-refractivity contribution is 0.278. The average Bonchev–Trinajstić information content (AvgIpc) is 2.63. The Hall–Kier alpha value is -0.830. The van der Waals surface area contributed by atoms with E-state index in [0.29, 0.717) is 0 Å². The molecule has 0 saturated heterocycles. The third kappa shape index (κ3) is 3.09. The third-order valence-electron chi connectivity index (χ3n) is 4.22. The van der Waals surface area contributed by atoms with Crippen LogP contribution in [-0.2, 0) is 6.54 Å². The summed E-state index contributed by atoms with van der Waals surface area (Å²) in [5, 5.41) is 3.71. The molecule has 1 aliphatic carbocycles. The van der Waals surface area contributed by atoms with Crippen LogP contribution in [-0.4, -0.2) is 22.1 Å². The SMILES string of the molecule is Cc1ncn(CCNC2CCCCC2C)c1C. The molecule has 1 heterocycles. The summed E-state index contributed by atoms with van der Waals surface area (Å²) in [5.41, 5.74) is 2.44. The van der Waals surface area contributed by atoms with Crippen molar-refractivity contribution >= 4 is 0 Å². The molecule has 0 spiro atoms. The van der Waals surface area contributed by atoms with Gasteiger partial charge in [0.15, 0.2) is 0 Å². The van der Waals surface area contributed by atoms with E-state index in [0.717, 1.165) is 30.7 Å². The fraction of sp³-hybridized carbons (Fsp3) is 0.786. The molecule has 1 aromatic heterocycles. The zero-order chi connectivity index (χ0) is 12.3. The standard InChI is InChI=1S/C14H25N3/c1-11-6-4-5-7-14(11)15-8-9-17-10-16-12(2)13(17)3/h10-11,14-15H,4-9H2,1-3H3. The number of imidazole rings is 1. The second kappa shape index (κ2) is 5.67. The number of rotatable bonds is 4. The fourth-order valence-electron chi connectivity index (χ4n) is 2.76. The summed E-state index contributed by atoms with van der Waals surface area (Å²) in [6.07, 6.45) is 7.50. The van der Waals surface area contributed by atoms with Gasteiger partial charge in [0, 0.05) is 24.8 Å². The van der Waals surface area contributed by atoms with Crippen molar-refractivity contribution in [3.05, 3.63) is 17.7 Å². The fourth-order valence-corrected chi connectivity index (χ4v) is 2.76. The molecule has 96 valence electrons. The number of nitrogens with zero attached hydrogens (tertiary/aromatic N) is 2. The topological polar surface area (TPSA) is 29.9 Å². The highest BCUT2D eigenvalue weighted by atomic mass is 15.1. The second-order valence-corrected chi connectivity index (χ2v) is 5.43. The summed E-state index contributed by atoms with van der Waals surface area (Å²) in [6.45, 7) is 8.69. The van der Waals surface area contributed by atoms with E-state index >= 15 is 0 Å². The van der Waals surface area contributed by atoms with Crippen LogP contribution >= 0.6 is 0 Å². The summed E-state index contributed by atoms with van der Waals surface area (Å²) < 4.78 is 2.25. The minimum Gasteiger partial charge on any atom is -0.333 e. The summed E-state index contributed by atoms with van der Waals surface area (Å²) in [6, 6.07) is 0.730. The van der Waals surface area contributed by atoms with Gasteiger partial charge >= 0.3 is 0 Å². The summed E-state index contributed by atoms with van der Waals surface area (Å²) in [7, 11) is 0. The van der Waals surface area contributed by atoms with Gasteiger partial charge in [-0.05, 0) is 32.6 Å². The molecule has 0 radical (unpaired) electrons. The van der Waals surface area contributed by atoms with Crippen LogP contribution in [0.4, 0.5) is 0 Å². The zero-order valence-corrected chi connectivity index (χ0v) is 11.4. The highest BCUT2D eigenvalue weighted by Crippen LogP contribution is 2.23. The van der Waals surface area contributed by atoms with E-state index in [1.807, 2.05) is 6.33 Å². The molecule has 2 rings (SSSR count). The minimum absolute atomic E-state index is 0.730. The van der Waals surface area contributed by atoms with E-state index in [2.05, 4.69) is 35.6 Å². The van der Waals surface area contributed by atoms with E-state index in [9.17, 15) is 0 Å². The van der Waals surface area contributed by atoms with Crippen LogP contribution in [0.2, 0.25) is 0 Å². The van der Waals surface area contributed by atoms with Gasteiger partial charge in [-0.15, -0.1) is 0 Å². The maximum absolute atomic E-state index is 4.33. The molecule has 1 saturated carbocycles. The molecule has 0 bridgehead atoms. The number of nitrogens with one attached hydrogen (secondary N) is 1. The monoisotopic (exact) mass is 235 g/mol. The molecule has 3 heteroatoms. The zero-order valence-electron chi connectivity index (χ0n) is 11.4. The lowest BCUT2D eigenvalue weighted by Crippen LogP contribution is -2.38. The van der Waals surface area contributed by atoms with Gasteiger partial charge in [0.05, 0.1) is 12.0 Å². The maximum atomic E-state index is 4.33.